The number of amides is 9. The number of carbonyl (C=O) groups excluding carboxylic acids is 9. The van der Waals surface area contributed by atoms with E-state index in [1.165, 1.54) is 13.1 Å². The van der Waals surface area contributed by atoms with Crippen LogP contribution in [0.5, 0.6) is 0 Å². The summed E-state index contributed by atoms with van der Waals surface area (Å²) in [7, 11) is 0. The molecule has 0 aliphatic carbocycles. The van der Waals surface area contributed by atoms with Crippen molar-refractivity contribution in [2.24, 2.45) is 22.2 Å². The van der Waals surface area contributed by atoms with Crippen molar-refractivity contribution in [2.75, 3.05) is 32.8 Å². The minimum atomic E-state index is -1.87. The summed E-state index contributed by atoms with van der Waals surface area (Å²) in [5.74, 6) is -12.6. The van der Waals surface area contributed by atoms with Gasteiger partial charge in [-0.05, 0) is 51.7 Å². The fraction of sp³-hybridized carbons (Fsp3) is 0.535. The summed E-state index contributed by atoms with van der Waals surface area (Å²) in [5, 5.41) is 79.2. The van der Waals surface area contributed by atoms with Crippen LogP contribution in [0, 0.1) is 0 Å². The Balaban J connectivity index is 2.21. The van der Waals surface area contributed by atoms with Crippen LogP contribution in [0.1, 0.15) is 52.0 Å². The molecule has 2 aromatic rings. The van der Waals surface area contributed by atoms with Gasteiger partial charge in [-0.1, -0.05) is 18.2 Å². The highest BCUT2D eigenvalue weighted by Crippen LogP contribution is 2.19. The lowest BCUT2D eigenvalue weighted by molar-refractivity contribution is -0.142. The van der Waals surface area contributed by atoms with Gasteiger partial charge >= 0.3 is 11.9 Å². The van der Waals surface area contributed by atoms with E-state index in [4.69, 9.17) is 17.2 Å². The highest BCUT2D eigenvalue weighted by Gasteiger charge is 2.33. The summed E-state index contributed by atoms with van der Waals surface area (Å²) < 4.78 is 0. The lowest BCUT2D eigenvalue weighted by Gasteiger charge is -2.26. The number of aromatic amines is 1. The maximum atomic E-state index is 13.8. The highest BCUT2D eigenvalue weighted by atomic mass is 16.4. The van der Waals surface area contributed by atoms with Crippen molar-refractivity contribution in [1.29, 1.82) is 0 Å². The van der Waals surface area contributed by atoms with Crippen molar-refractivity contribution in [3.05, 3.63) is 36.0 Å². The number of fused-ring (bicyclic) bond motifs is 1. The van der Waals surface area contributed by atoms with Crippen molar-refractivity contribution in [1.82, 2.24) is 52.8 Å². The van der Waals surface area contributed by atoms with Crippen LogP contribution in [0.4, 0.5) is 0 Å². The van der Waals surface area contributed by atoms with Gasteiger partial charge in [0.1, 0.15) is 48.3 Å². The second-order valence-corrected chi connectivity index (χ2v) is 16.7. The first-order valence-electron chi connectivity index (χ1n) is 22.8. The Morgan fingerprint density at radius 1 is 0.622 bits per heavy atom. The van der Waals surface area contributed by atoms with Crippen LogP contribution < -0.4 is 65.1 Å². The SMILES string of the molecule is C[C@H](NC(=O)[C@H](CO)NC(=O)[C@@H](N)[C@@H](C)O)C(=O)N[C@@H](CCC(=O)O)C(=O)N[C@@H](CO)C(=O)N[C@@H](Cc1c[nH]c2ccccc12)C(=O)NCC(=O)N[C@H](C(=O)NCC(=O)N[C@@H](CCCN=C(N)N)C(=O)O)[C@@H](C)O. The molecule has 74 heavy (non-hydrogen) atoms. The Labute approximate surface area is 422 Å². The first-order valence-corrected chi connectivity index (χ1v) is 22.8. The number of guanidine groups is 1. The van der Waals surface area contributed by atoms with Gasteiger partial charge in [-0.3, -0.25) is 52.9 Å². The Morgan fingerprint density at radius 3 is 1.73 bits per heavy atom. The maximum absolute atomic E-state index is 13.8. The van der Waals surface area contributed by atoms with E-state index >= 15 is 0 Å². The number of aliphatic imine (C=N–C) groups is 1. The van der Waals surface area contributed by atoms with Crippen molar-refractivity contribution >= 4 is 82.0 Å². The first kappa shape index (κ1) is 62.1. The van der Waals surface area contributed by atoms with Crippen LogP contribution in [-0.4, -0.2) is 200 Å². The molecule has 2 rings (SSSR count). The van der Waals surface area contributed by atoms with Crippen molar-refractivity contribution in [3.8, 4) is 0 Å². The summed E-state index contributed by atoms with van der Waals surface area (Å²) in [6.45, 7) is -0.165. The number of aliphatic hydroxyl groups excluding tert-OH is 4. The zero-order valence-electron chi connectivity index (χ0n) is 40.6. The van der Waals surface area contributed by atoms with Gasteiger partial charge in [-0.2, -0.15) is 0 Å². The van der Waals surface area contributed by atoms with E-state index in [1.807, 2.05) is 0 Å². The van der Waals surface area contributed by atoms with E-state index < -0.39 is 165 Å². The van der Waals surface area contributed by atoms with Crippen molar-refractivity contribution < 1.29 is 83.4 Å². The fourth-order valence-corrected chi connectivity index (χ4v) is 6.57. The number of aromatic nitrogens is 1. The topological polar surface area (TPSA) is 524 Å². The van der Waals surface area contributed by atoms with Gasteiger partial charge in [0.2, 0.25) is 53.2 Å². The van der Waals surface area contributed by atoms with Gasteiger partial charge < -0.3 is 101 Å². The minimum absolute atomic E-state index is 0.0674. The van der Waals surface area contributed by atoms with Crippen LogP contribution in [0.15, 0.2) is 35.5 Å². The molecule has 0 fully saturated rings. The fourth-order valence-electron chi connectivity index (χ4n) is 6.57. The average molecular weight is 1050 g/mol. The van der Waals surface area contributed by atoms with E-state index in [0.29, 0.717) is 16.5 Å². The van der Waals surface area contributed by atoms with Crippen LogP contribution in [-0.2, 0) is 59.2 Å². The number of aliphatic hydroxyl groups is 4. The highest BCUT2D eigenvalue weighted by molar-refractivity contribution is 5.98. The number of nitrogens with two attached hydrogens (primary N) is 3. The number of carbonyl (C=O) groups is 11. The number of para-hydroxylation sites is 1. The molecular formula is C43H66N14O17. The third kappa shape index (κ3) is 21.0. The number of benzene rings is 1. The summed E-state index contributed by atoms with van der Waals surface area (Å²) >= 11 is 0. The predicted octanol–water partition coefficient (Wildman–Crippen LogP) is -8.57. The van der Waals surface area contributed by atoms with Crippen LogP contribution in [0.2, 0.25) is 0 Å². The van der Waals surface area contributed by atoms with Gasteiger partial charge in [0, 0.05) is 36.5 Å². The number of hydrogen-bond donors (Lipinski definition) is 19. The number of nitrogens with one attached hydrogen (secondary N) is 10. The van der Waals surface area contributed by atoms with Crippen LogP contribution in [0.25, 0.3) is 10.9 Å². The molecule has 22 N–H and O–H groups in total. The quantitative estimate of drug-likeness (QED) is 0.0184. The Morgan fingerprint density at radius 2 is 1.16 bits per heavy atom. The van der Waals surface area contributed by atoms with Crippen molar-refractivity contribution in [3.63, 3.8) is 0 Å². The van der Waals surface area contributed by atoms with Gasteiger partial charge in [0.05, 0.1) is 38.5 Å². The van der Waals surface area contributed by atoms with Gasteiger partial charge in [0.15, 0.2) is 5.96 Å². The molecule has 0 unspecified atom stereocenters. The molecule has 31 heteroatoms. The van der Waals surface area contributed by atoms with Crippen molar-refractivity contribution in [2.45, 2.75) is 113 Å². The van der Waals surface area contributed by atoms with E-state index in [2.05, 4.69) is 57.8 Å². The summed E-state index contributed by atoms with van der Waals surface area (Å²) in [6, 6.07) is -6.03. The smallest absolute Gasteiger partial charge is 0.326 e. The monoisotopic (exact) mass is 1050 g/mol. The molecule has 0 aliphatic rings. The zero-order valence-corrected chi connectivity index (χ0v) is 40.6. The van der Waals surface area contributed by atoms with E-state index in [0.717, 1.165) is 13.8 Å². The minimum Gasteiger partial charge on any atom is -0.481 e. The van der Waals surface area contributed by atoms with Gasteiger partial charge in [-0.25, -0.2) is 4.79 Å². The van der Waals surface area contributed by atoms with E-state index in [9.17, 15) is 83.4 Å². The summed E-state index contributed by atoms with van der Waals surface area (Å²) in [6.07, 6.45) is -2.82. The Hall–Kier alpha value is -8.00. The standard InChI is InChI=1S/C43H66N14O17/c1-19(51-38(69)28(17-58)56-40(71)33(44)20(2)60)35(66)53-25(10-11-32(64)65)37(68)55-29(18-59)39(70)54-27(13-22-14-48-24-8-5-4-7-23(22)24)36(67)49-16-31(63)57-34(21(3)61)41(72)50-15-30(62)52-26(42(73)74)9-6-12-47-43(45)46/h4-5,7-8,14,19-21,25-29,33-34,48,58-61H,6,9-13,15-18,44H2,1-3H3,(H,49,67)(H,50,72)(H,51,69)(H,52,62)(H,53,66)(H,54,70)(H,55,68)(H,56,71)(H,57,63)(H,64,65)(H,73,74)(H4,45,46,47)/t19-,20+,21+,25-,26-,27-,28-,29-,33-,34-/m0/s1. The Kier molecular flexibility index (Phi) is 25.8. The van der Waals surface area contributed by atoms with E-state index in [-0.39, 0.29) is 31.8 Å². The molecule has 0 saturated heterocycles. The normalized spacial score (nSPS) is 15.0. The number of carboxylic acids is 2. The third-order valence-corrected chi connectivity index (χ3v) is 10.7. The van der Waals surface area contributed by atoms with E-state index in [1.54, 1.807) is 24.3 Å². The molecule has 9 amide bonds. The molecule has 0 spiro atoms. The number of rotatable bonds is 32. The molecule has 0 aliphatic heterocycles. The van der Waals surface area contributed by atoms with Crippen LogP contribution in [0.3, 0.4) is 0 Å². The molecule has 410 valence electrons. The summed E-state index contributed by atoms with van der Waals surface area (Å²) in [5.41, 5.74) is 17.1. The lowest BCUT2D eigenvalue weighted by atomic mass is 10.0. The lowest BCUT2D eigenvalue weighted by Crippen LogP contribution is -2.60. The molecule has 10 atom stereocenters. The molecule has 0 bridgehead atoms. The number of hydrogen-bond acceptors (Lipinski definition) is 17. The molecule has 1 heterocycles. The maximum Gasteiger partial charge on any atom is 0.326 e. The number of H-pyrrole nitrogens is 1. The zero-order chi connectivity index (χ0) is 55.8. The number of nitrogens with zero attached hydrogens (tertiary/aromatic N) is 1. The predicted molar refractivity (Wildman–Crippen MR) is 257 cm³/mol. The second kappa shape index (κ2) is 30.8. The molecule has 1 aromatic carbocycles. The molecule has 31 nitrogen and oxygen atoms in total. The van der Waals surface area contributed by atoms with Gasteiger partial charge in [0.25, 0.3) is 0 Å². The number of aliphatic carboxylic acids is 2. The molecule has 0 saturated carbocycles. The molecule has 1 aromatic heterocycles. The average Bonchev–Trinajstić information content (AvgIpc) is 3.75. The summed E-state index contributed by atoms with van der Waals surface area (Å²) in [4.78, 5) is 148. The van der Waals surface area contributed by atoms with Crippen LogP contribution >= 0.6 is 0 Å². The third-order valence-electron chi connectivity index (χ3n) is 10.7. The molecular weight excluding hydrogens is 985 g/mol. The van der Waals surface area contributed by atoms with Gasteiger partial charge in [-0.15, -0.1) is 0 Å². The Bertz CT molecular complexity index is 2340. The first-order chi connectivity index (χ1) is 34.8. The number of carboxylic acid groups (broad SMARTS) is 2. The second-order valence-electron chi connectivity index (χ2n) is 16.7. The molecule has 0 radical (unpaired) electrons. The largest absolute Gasteiger partial charge is 0.481 e.